The molecule has 0 saturated carbocycles. The van der Waals surface area contributed by atoms with Crippen LogP contribution in [0.1, 0.15) is 41.0 Å². The molecule has 0 radical (unpaired) electrons. The summed E-state index contributed by atoms with van der Waals surface area (Å²) in [7, 11) is 0. The van der Waals surface area contributed by atoms with Gasteiger partial charge in [0.1, 0.15) is 5.54 Å². The number of carbonyl (C=O) groups is 1. The van der Waals surface area contributed by atoms with E-state index in [2.05, 4.69) is 15.3 Å². The maximum absolute atomic E-state index is 12.5. The molecule has 1 N–H and O–H groups in total. The van der Waals surface area contributed by atoms with Gasteiger partial charge in [-0.05, 0) is 40.1 Å². The number of nitrogens with one attached hydrogen (secondary N) is 1. The van der Waals surface area contributed by atoms with Crippen molar-refractivity contribution in [2.45, 2.75) is 57.8 Å². The van der Waals surface area contributed by atoms with Crippen molar-refractivity contribution < 1.29 is 14.3 Å². The molecule has 1 aliphatic heterocycles. The van der Waals surface area contributed by atoms with Crippen molar-refractivity contribution in [3.8, 4) is 0 Å². The monoisotopic (exact) mass is 284 g/mol. The molecular formula is C13H24N4O3. The van der Waals surface area contributed by atoms with Gasteiger partial charge in [-0.1, -0.05) is 5.11 Å². The van der Waals surface area contributed by atoms with Crippen LogP contribution in [0.5, 0.6) is 0 Å². The second-order valence-electron chi connectivity index (χ2n) is 6.06. The summed E-state index contributed by atoms with van der Waals surface area (Å²) >= 11 is 0. The van der Waals surface area contributed by atoms with E-state index in [9.17, 15) is 4.79 Å². The van der Waals surface area contributed by atoms with E-state index in [0.29, 0.717) is 19.6 Å². The van der Waals surface area contributed by atoms with Crippen molar-refractivity contribution >= 4 is 5.97 Å². The minimum absolute atomic E-state index is 0.272. The largest absolute Gasteiger partial charge is 0.465 e. The van der Waals surface area contributed by atoms with Crippen LogP contribution in [-0.4, -0.2) is 42.4 Å². The van der Waals surface area contributed by atoms with Gasteiger partial charge in [0.15, 0.2) is 0 Å². The highest BCUT2D eigenvalue weighted by molar-refractivity contribution is 5.83. The van der Waals surface area contributed by atoms with Crippen molar-refractivity contribution in [2.24, 2.45) is 5.11 Å². The van der Waals surface area contributed by atoms with Crippen LogP contribution >= 0.6 is 0 Å². The van der Waals surface area contributed by atoms with Crippen LogP contribution in [0.15, 0.2) is 5.11 Å². The highest BCUT2D eigenvalue weighted by Gasteiger charge is 2.62. The third-order valence-corrected chi connectivity index (χ3v) is 3.58. The summed E-state index contributed by atoms with van der Waals surface area (Å²) in [6.07, 6.45) is 0.502. The molecule has 7 heteroatoms. The molecule has 0 aromatic rings. The van der Waals surface area contributed by atoms with Crippen molar-refractivity contribution in [2.75, 3.05) is 19.7 Å². The summed E-state index contributed by atoms with van der Waals surface area (Å²) in [4.78, 5) is 15.2. The molecule has 0 amide bonds. The van der Waals surface area contributed by atoms with Crippen molar-refractivity contribution in [3.05, 3.63) is 10.4 Å². The Kier molecular flexibility index (Phi) is 5.02. The second-order valence-corrected chi connectivity index (χ2v) is 6.06. The van der Waals surface area contributed by atoms with Gasteiger partial charge < -0.3 is 9.47 Å². The van der Waals surface area contributed by atoms with E-state index >= 15 is 0 Å². The fraction of sp³-hybridized carbons (Fsp3) is 0.923. The summed E-state index contributed by atoms with van der Waals surface area (Å²) in [5.74, 6) is -0.323. The highest BCUT2D eigenvalue weighted by Crippen LogP contribution is 2.45. The zero-order valence-electron chi connectivity index (χ0n) is 12.9. The van der Waals surface area contributed by atoms with Gasteiger partial charge in [-0.2, -0.15) is 0 Å². The van der Waals surface area contributed by atoms with E-state index in [0.717, 1.165) is 0 Å². The molecule has 1 fully saturated rings. The second kappa shape index (κ2) is 5.99. The summed E-state index contributed by atoms with van der Waals surface area (Å²) in [5, 5.41) is 6.67. The van der Waals surface area contributed by atoms with Gasteiger partial charge in [0.2, 0.25) is 0 Å². The Morgan fingerprint density at radius 3 is 2.55 bits per heavy atom. The summed E-state index contributed by atoms with van der Waals surface area (Å²) in [6.45, 7) is 10.4. The Morgan fingerprint density at radius 2 is 2.10 bits per heavy atom. The molecule has 0 aromatic heterocycles. The van der Waals surface area contributed by atoms with Gasteiger partial charge in [-0.3, -0.25) is 5.32 Å². The van der Waals surface area contributed by atoms with Crippen LogP contribution < -0.4 is 5.32 Å². The fourth-order valence-electron chi connectivity index (χ4n) is 2.95. The lowest BCUT2D eigenvalue weighted by Gasteiger charge is -2.38. The molecule has 1 unspecified atom stereocenters. The van der Waals surface area contributed by atoms with Gasteiger partial charge in [0, 0.05) is 24.4 Å². The minimum atomic E-state index is -0.933. The molecular weight excluding hydrogens is 260 g/mol. The Hall–Kier alpha value is -1.30. The van der Waals surface area contributed by atoms with Crippen LogP contribution in [-0.2, 0) is 14.3 Å². The lowest BCUT2D eigenvalue weighted by atomic mass is 9.79. The average Bonchev–Trinajstić information content (AvgIpc) is 2.50. The normalized spacial score (nSPS) is 26.9. The first kappa shape index (κ1) is 16.8. The van der Waals surface area contributed by atoms with Crippen molar-refractivity contribution in [1.82, 2.24) is 5.32 Å². The van der Waals surface area contributed by atoms with Gasteiger partial charge in [0.25, 0.3) is 0 Å². The zero-order chi connectivity index (χ0) is 15.4. The Morgan fingerprint density at radius 1 is 1.45 bits per heavy atom. The highest BCUT2D eigenvalue weighted by atomic mass is 16.6. The van der Waals surface area contributed by atoms with Gasteiger partial charge >= 0.3 is 5.97 Å². The quantitative estimate of drug-likeness (QED) is 0.266. The molecule has 20 heavy (non-hydrogen) atoms. The molecule has 114 valence electrons. The first-order chi connectivity index (χ1) is 9.21. The van der Waals surface area contributed by atoms with Gasteiger partial charge in [-0.25, -0.2) is 4.79 Å². The maximum atomic E-state index is 12.5. The minimum Gasteiger partial charge on any atom is -0.465 e. The number of carbonyl (C=O) groups excluding carboxylic acids is 1. The number of hydrogen-bond donors (Lipinski definition) is 1. The zero-order valence-corrected chi connectivity index (χ0v) is 12.9. The molecule has 1 saturated heterocycles. The number of nitrogens with zero attached hydrogens (tertiary/aromatic N) is 3. The molecule has 1 rings (SSSR count). The molecule has 1 heterocycles. The molecule has 1 atom stereocenters. The number of rotatable bonds is 6. The Bertz CT molecular complexity index is 416. The number of hydrogen-bond acceptors (Lipinski definition) is 5. The van der Waals surface area contributed by atoms with Crippen molar-refractivity contribution in [1.29, 1.82) is 0 Å². The van der Waals surface area contributed by atoms with Gasteiger partial charge in [-0.15, -0.1) is 0 Å². The van der Waals surface area contributed by atoms with E-state index in [4.69, 9.17) is 15.0 Å². The molecule has 0 aromatic carbocycles. The van der Waals surface area contributed by atoms with Crippen LogP contribution in [0, 0.1) is 0 Å². The predicted molar refractivity (Wildman–Crippen MR) is 75.2 cm³/mol. The SMILES string of the molecule is CCOC(=O)C1(NCCN=[N+]=[N-])CC(C)(C)OC1(C)C. The first-order valence-corrected chi connectivity index (χ1v) is 6.84. The fourth-order valence-corrected chi connectivity index (χ4v) is 2.95. The van der Waals surface area contributed by atoms with Crippen LogP contribution in [0.3, 0.4) is 0 Å². The topological polar surface area (TPSA) is 96.3 Å². The third-order valence-electron chi connectivity index (χ3n) is 3.58. The van der Waals surface area contributed by atoms with E-state index < -0.39 is 16.7 Å². The molecule has 0 aliphatic carbocycles. The van der Waals surface area contributed by atoms with Gasteiger partial charge in [0.05, 0.1) is 17.8 Å². The van der Waals surface area contributed by atoms with Crippen LogP contribution in [0.2, 0.25) is 0 Å². The first-order valence-electron chi connectivity index (χ1n) is 6.84. The Balaban J connectivity index is 3.01. The predicted octanol–water partition coefficient (Wildman–Crippen LogP) is 2.17. The lowest BCUT2D eigenvalue weighted by molar-refractivity contribution is -0.159. The maximum Gasteiger partial charge on any atom is 0.329 e. The van der Waals surface area contributed by atoms with E-state index in [1.165, 1.54) is 0 Å². The third kappa shape index (κ3) is 3.23. The van der Waals surface area contributed by atoms with Crippen LogP contribution in [0.25, 0.3) is 10.4 Å². The summed E-state index contributed by atoms with van der Waals surface area (Å²) in [5.41, 5.74) is 6.24. The molecule has 7 nitrogen and oxygen atoms in total. The molecule has 0 spiro atoms. The van der Waals surface area contributed by atoms with E-state index in [1.807, 2.05) is 27.7 Å². The van der Waals surface area contributed by atoms with E-state index in [1.54, 1.807) is 6.92 Å². The smallest absolute Gasteiger partial charge is 0.329 e. The average molecular weight is 284 g/mol. The number of ether oxygens (including phenoxy) is 2. The molecule has 1 aliphatic rings. The summed E-state index contributed by atoms with van der Waals surface area (Å²) in [6, 6.07) is 0. The number of azide groups is 1. The van der Waals surface area contributed by atoms with Crippen molar-refractivity contribution in [3.63, 3.8) is 0 Å². The number of esters is 1. The van der Waals surface area contributed by atoms with E-state index in [-0.39, 0.29) is 12.5 Å². The van der Waals surface area contributed by atoms with Crippen LogP contribution in [0.4, 0.5) is 0 Å². The standard InChI is InChI=1S/C13H24N4O3/c1-6-19-10(18)13(15-7-8-16-17-14)9-11(2,3)20-12(13,4)5/h15H,6-9H2,1-5H3. The Labute approximate surface area is 119 Å². The summed E-state index contributed by atoms with van der Waals surface area (Å²) < 4.78 is 11.2. The lowest BCUT2D eigenvalue weighted by Crippen LogP contribution is -2.63. The molecule has 0 bridgehead atoms.